The molecule has 134 valence electrons. The number of anilines is 3. The molecule has 0 saturated carbocycles. The van der Waals surface area contributed by atoms with E-state index in [-0.39, 0.29) is 23.5 Å². The first-order chi connectivity index (χ1) is 12.6. The molecule has 1 aromatic heterocycles. The van der Waals surface area contributed by atoms with Crippen molar-refractivity contribution in [1.29, 1.82) is 0 Å². The van der Waals surface area contributed by atoms with Gasteiger partial charge in [0.2, 0.25) is 5.95 Å². The van der Waals surface area contributed by atoms with Crippen LogP contribution in [0.4, 0.5) is 23.1 Å². The Hall–Kier alpha value is -3.22. The summed E-state index contributed by atoms with van der Waals surface area (Å²) in [5.41, 5.74) is 12.8. The summed E-state index contributed by atoms with van der Waals surface area (Å²) < 4.78 is 5.32. The highest BCUT2D eigenvalue weighted by molar-refractivity contribution is 5.98. The van der Waals surface area contributed by atoms with Gasteiger partial charge in [0.25, 0.3) is 5.91 Å². The Labute approximate surface area is 150 Å². The van der Waals surface area contributed by atoms with Crippen molar-refractivity contribution in [2.45, 2.75) is 18.5 Å². The normalized spacial score (nSPS) is 19.4. The molecule has 2 heterocycles. The molecule has 0 bridgehead atoms. The van der Waals surface area contributed by atoms with E-state index in [4.69, 9.17) is 22.8 Å². The number of amides is 1. The van der Waals surface area contributed by atoms with Gasteiger partial charge in [0.15, 0.2) is 5.69 Å². The van der Waals surface area contributed by atoms with Crippen molar-refractivity contribution < 1.29 is 9.53 Å². The van der Waals surface area contributed by atoms with Gasteiger partial charge in [0, 0.05) is 30.6 Å². The number of hydrogen-bond donors (Lipinski definition) is 4. The molecule has 1 aromatic carbocycles. The number of benzene rings is 1. The predicted molar refractivity (Wildman–Crippen MR) is 97.4 cm³/mol. The van der Waals surface area contributed by atoms with Crippen molar-refractivity contribution in [1.82, 2.24) is 9.97 Å². The number of carbonyl (C=O) groups is 1. The van der Waals surface area contributed by atoms with E-state index in [1.54, 1.807) is 24.3 Å². The second-order valence-corrected chi connectivity index (χ2v) is 5.88. The monoisotopic (exact) mass is 353 g/mol. The number of nitrogens with zero attached hydrogens (tertiary/aromatic N) is 3. The van der Waals surface area contributed by atoms with Gasteiger partial charge in [-0.25, -0.2) is 9.83 Å². The molecule has 1 amide bonds. The highest BCUT2D eigenvalue weighted by atomic mass is 16.5. The van der Waals surface area contributed by atoms with Crippen molar-refractivity contribution in [2.75, 3.05) is 23.8 Å². The molecule has 3 rings (SSSR count). The van der Waals surface area contributed by atoms with Crippen LogP contribution in [0.1, 0.15) is 16.8 Å². The lowest BCUT2D eigenvalue weighted by Gasteiger charge is -2.29. The number of hydrogen-bond acceptors (Lipinski definition) is 7. The van der Waals surface area contributed by atoms with E-state index < -0.39 is 5.91 Å². The van der Waals surface area contributed by atoms with Crippen LogP contribution in [0.25, 0.3) is 4.85 Å². The van der Waals surface area contributed by atoms with Crippen LogP contribution in [0.15, 0.2) is 30.5 Å². The molecule has 26 heavy (non-hydrogen) atoms. The van der Waals surface area contributed by atoms with Crippen LogP contribution >= 0.6 is 0 Å². The van der Waals surface area contributed by atoms with Gasteiger partial charge in [-0.1, -0.05) is 12.1 Å². The lowest BCUT2D eigenvalue weighted by atomic mass is 10.1. The van der Waals surface area contributed by atoms with Crippen LogP contribution in [0.2, 0.25) is 0 Å². The molecule has 0 unspecified atom stereocenters. The molecule has 0 spiro atoms. The second kappa shape index (κ2) is 7.77. The number of carbonyl (C=O) groups excluding carboxylic acids is 1. The van der Waals surface area contributed by atoms with Gasteiger partial charge in [0.1, 0.15) is 11.4 Å². The number of primary amides is 1. The maximum absolute atomic E-state index is 11.7. The minimum Gasteiger partial charge on any atom is -0.380 e. The molecule has 0 aliphatic carbocycles. The third kappa shape index (κ3) is 4.05. The number of rotatable bonds is 5. The zero-order valence-corrected chi connectivity index (χ0v) is 14.0. The summed E-state index contributed by atoms with van der Waals surface area (Å²) in [6.45, 7) is 8.07. The average Bonchev–Trinajstić information content (AvgIpc) is 2.64. The lowest BCUT2D eigenvalue weighted by molar-refractivity contribution is 0.0751. The fraction of sp³-hybridized carbons (Fsp3) is 0.294. The molecule has 9 nitrogen and oxygen atoms in total. The smallest absolute Gasteiger partial charge is 0.254 e. The Morgan fingerprint density at radius 1 is 1.35 bits per heavy atom. The van der Waals surface area contributed by atoms with E-state index >= 15 is 0 Å². The lowest BCUT2D eigenvalue weighted by Crippen LogP contribution is -2.47. The zero-order chi connectivity index (χ0) is 18.5. The Kier molecular flexibility index (Phi) is 5.26. The summed E-state index contributed by atoms with van der Waals surface area (Å²) in [4.78, 5) is 23.5. The fourth-order valence-corrected chi connectivity index (χ4v) is 2.59. The first-order valence-corrected chi connectivity index (χ1v) is 8.08. The molecular weight excluding hydrogens is 334 g/mol. The van der Waals surface area contributed by atoms with Crippen LogP contribution in [0.3, 0.4) is 0 Å². The van der Waals surface area contributed by atoms with E-state index in [0.29, 0.717) is 30.5 Å². The zero-order valence-electron chi connectivity index (χ0n) is 14.0. The molecule has 1 aliphatic rings. The standard InChI is InChI=1S/C17H19N7O2/c1-20-10-2-4-11(5-3-10)22-16-12(15(19)25)8-21-17(24-16)23-14-6-7-26-9-13(14)18/h2-5,8,13-14H,6-7,9,18H2,(H2,19,25)(H2,21,22,23,24)/t13-,14+/m0/s1. The van der Waals surface area contributed by atoms with Crippen LogP contribution in [0, 0.1) is 6.57 Å². The van der Waals surface area contributed by atoms with Gasteiger partial charge in [-0.15, -0.1) is 0 Å². The first kappa shape index (κ1) is 17.6. The number of nitrogens with one attached hydrogen (secondary N) is 2. The van der Waals surface area contributed by atoms with E-state index in [2.05, 4.69) is 25.4 Å². The van der Waals surface area contributed by atoms with Gasteiger partial charge in [-0.05, 0) is 18.6 Å². The molecule has 1 fully saturated rings. The van der Waals surface area contributed by atoms with Crippen molar-refractivity contribution in [3.8, 4) is 0 Å². The minimum absolute atomic E-state index is 0.0195. The Morgan fingerprint density at radius 2 is 2.12 bits per heavy atom. The van der Waals surface area contributed by atoms with E-state index in [0.717, 1.165) is 6.42 Å². The molecule has 2 aromatic rings. The van der Waals surface area contributed by atoms with Crippen LogP contribution in [-0.2, 0) is 4.74 Å². The Balaban J connectivity index is 1.83. The summed E-state index contributed by atoms with van der Waals surface area (Å²) in [5, 5.41) is 6.23. The predicted octanol–water partition coefficient (Wildman–Crippen LogP) is 1.40. The first-order valence-electron chi connectivity index (χ1n) is 8.08. The second-order valence-electron chi connectivity index (χ2n) is 5.88. The summed E-state index contributed by atoms with van der Waals surface area (Å²) in [5.74, 6) is -0.0107. The minimum atomic E-state index is -0.639. The summed E-state index contributed by atoms with van der Waals surface area (Å²) >= 11 is 0. The average molecular weight is 353 g/mol. The van der Waals surface area contributed by atoms with Crippen molar-refractivity contribution in [2.24, 2.45) is 11.5 Å². The van der Waals surface area contributed by atoms with Gasteiger partial charge in [-0.2, -0.15) is 4.98 Å². The van der Waals surface area contributed by atoms with Gasteiger partial charge in [0.05, 0.1) is 13.2 Å². The Bertz CT molecular complexity index is 832. The summed E-state index contributed by atoms with van der Waals surface area (Å²) in [7, 11) is 0. The molecule has 2 atom stereocenters. The van der Waals surface area contributed by atoms with E-state index in [1.165, 1.54) is 6.20 Å². The molecule has 0 radical (unpaired) electrons. The van der Waals surface area contributed by atoms with Gasteiger partial charge >= 0.3 is 0 Å². The van der Waals surface area contributed by atoms with E-state index in [1.807, 2.05) is 0 Å². The summed E-state index contributed by atoms with van der Waals surface area (Å²) in [6, 6.07) is 6.60. The third-order valence-electron chi connectivity index (χ3n) is 4.03. The molecule has 6 N–H and O–H groups in total. The van der Waals surface area contributed by atoms with Crippen LogP contribution in [-0.4, -0.2) is 41.2 Å². The van der Waals surface area contributed by atoms with Crippen molar-refractivity contribution in [3.63, 3.8) is 0 Å². The quantitative estimate of drug-likeness (QED) is 0.597. The highest BCUT2D eigenvalue weighted by Crippen LogP contribution is 2.23. The van der Waals surface area contributed by atoms with Gasteiger partial charge < -0.3 is 26.8 Å². The Morgan fingerprint density at radius 3 is 2.77 bits per heavy atom. The number of nitrogens with two attached hydrogens (primary N) is 2. The molecule has 1 aliphatic heterocycles. The highest BCUT2D eigenvalue weighted by Gasteiger charge is 2.23. The van der Waals surface area contributed by atoms with Crippen LogP contribution < -0.4 is 22.1 Å². The maximum atomic E-state index is 11.7. The molecule has 9 heteroatoms. The number of aromatic nitrogens is 2. The summed E-state index contributed by atoms with van der Waals surface area (Å²) in [6.07, 6.45) is 2.11. The van der Waals surface area contributed by atoms with Crippen molar-refractivity contribution in [3.05, 3.63) is 47.4 Å². The number of ether oxygens (including phenoxy) is 1. The SMILES string of the molecule is [C-]#[N+]c1ccc(Nc2nc(N[C@@H]3CCOC[C@@H]3N)ncc2C(N)=O)cc1. The van der Waals surface area contributed by atoms with Crippen LogP contribution in [0.5, 0.6) is 0 Å². The van der Waals surface area contributed by atoms with Gasteiger partial charge in [-0.3, -0.25) is 4.79 Å². The van der Waals surface area contributed by atoms with Crippen molar-refractivity contribution >= 4 is 29.0 Å². The largest absolute Gasteiger partial charge is 0.380 e. The topological polar surface area (TPSA) is 133 Å². The molecular formula is C17H19N7O2. The fourth-order valence-electron chi connectivity index (χ4n) is 2.59. The maximum Gasteiger partial charge on any atom is 0.254 e. The van der Waals surface area contributed by atoms with E-state index in [9.17, 15) is 4.79 Å². The molecule has 1 saturated heterocycles. The third-order valence-corrected chi connectivity index (χ3v) is 4.03.